The second-order valence-corrected chi connectivity index (χ2v) is 9.20. The third kappa shape index (κ3) is 4.33. The standard InChI is InChI=1S/C25H33N3O2/c1-2-13-26-24(6-1)27-19-25(11-14-29-15-12-25)21-7-9-23(10-8-21)30-18-20-16-28(17-20)22-4-3-5-22/h1-2,6-10,13,20,22H,3-5,11-12,14-19H2,(H,26,27). The lowest BCUT2D eigenvalue weighted by Crippen LogP contribution is -2.55. The Kier molecular flexibility index (Phi) is 5.91. The summed E-state index contributed by atoms with van der Waals surface area (Å²) in [6.07, 6.45) is 8.09. The highest BCUT2D eigenvalue weighted by Crippen LogP contribution is 2.36. The molecule has 0 amide bonds. The Morgan fingerprint density at radius 1 is 1.07 bits per heavy atom. The van der Waals surface area contributed by atoms with Crippen molar-refractivity contribution in [1.82, 2.24) is 9.88 Å². The van der Waals surface area contributed by atoms with Crippen molar-refractivity contribution in [1.29, 1.82) is 0 Å². The fourth-order valence-electron chi connectivity index (χ4n) is 4.94. The lowest BCUT2D eigenvalue weighted by molar-refractivity contribution is -0.00244. The number of hydrogen-bond donors (Lipinski definition) is 1. The summed E-state index contributed by atoms with van der Waals surface area (Å²) in [7, 11) is 0. The predicted octanol–water partition coefficient (Wildman–Crippen LogP) is 4.11. The zero-order valence-corrected chi connectivity index (χ0v) is 17.8. The Hall–Kier alpha value is -2.11. The van der Waals surface area contributed by atoms with Crippen LogP contribution in [0.5, 0.6) is 5.75 Å². The number of nitrogens with one attached hydrogen (secondary N) is 1. The molecular weight excluding hydrogens is 374 g/mol. The van der Waals surface area contributed by atoms with Gasteiger partial charge in [-0.05, 0) is 55.5 Å². The van der Waals surface area contributed by atoms with Crippen LogP contribution in [0, 0.1) is 5.92 Å². The Balaban J connectivity index is 1.17. The quantitative estimate of drug-likeness (QED) is 0.714. The smallest absolute Gasteiger partial charge is 0.125 e. The molecule has 2 saturated heterocycles. The van der Waals surface area contributed by atoms with E-state index in [9.17, 15) is 0 Å². The van der Waals surface area contributed by atoms with E-state index in [0.717, 1.165) is 56.8 Å². The average molecular weight is 408 g/mol. The van der Waals surface area contributed by atoms with E-state index in [0.29, 0.717) is 5.92 Å². The molecule has 2 aliphatic heterocycles. The zero-order valence-electron chi connectivity index (χ0n) is 17.8. The first-order chi connectivity index (χ1) is 14.8. The van der Waals surface area contributed by atoms with Crippen molar-refractivity contribution >= 4 is 5.82 Å². The van der Waals surface area contributed by atoms with Gasteiger partial charge in [-0.15, -0.1) is 0 Å². The maximum atomic E-state index is 6.12. The molecule has 1 aliphatic carbocycles. The molecule has 1 N–H and O–H groups in total. The van der Waals surface area contributed by atoms with Gasteiger partial charge in [0.2, 0.25) is 0 Å². The summed E-state index contributed by atoms with van der Waals surface area (Å²) in [6, 6.07) is 15.7. The summed E-state index contributed by atoms with van der Waals surface area (Å²) in [5.41, 5.74) is 1.44. The molecule has 0 unspecified atom stereocenters. The number of pyridine rings is 1. The molecule has 0 radical (unpaired) electrons. The van der Waals surface area contributed by atoms with Gasteiger partial charge in [0.15, 0.2) is 0 Å². The Morgan fingerprint density at radius 3 is 2.53 bits per heavy atom. The van der Waals surface area contributed by atoms with Crippen LogP contribution in [0.25, 0.3) is 0 Å². The van der Waals surface area contributed by atoms with Gasteiger partial charge in [0.1, 0.15) is 11.6 Å². The number of hydrogen-bond acceptors (Lipinski definition) is 5. The molecular formula is C25H33N3O2. The molecule has 3 aliphatic rings. The van der Waals surface area contributed by atoms with E-state index in [2.05, 4.69) is 39.5 Å². The summed E-state index contributed by atoms with van der Waals surface area (Å²) < 4.78 is 11.8. The summed E-state index contributed by atoms with van der Waals surface area (Å²) in [6.45, 7) is 5.74. The second kappa shape index (κ2) is 8.94. The lowest BCUT2D eigenvalue weighted by Gasteiger charge is -2.47. The molecule has 5 nitrogen and oxygen atoms in total. The van der Waals surface area contributed by atoms with Crippen molar-refractivity contribution in [2.45, 2.75) is 43.6 Å². The first-order valence-electron chi connectivity index (χ1n) is 11.5. The van der Waals surface area contributed by atoms with E-state index in [1.807, 2.05) is 24.4 Å². The van der Waals surface area contributed by atoms with E-state index in [-0.39, 0.29) is 5.41 Å². The van der Waals surface area contributed by atoms with Crippen molar-refractivity contribution in [3.05, 3.63) is 54.2 Å². The predicted molar refractivity (Wildman–Crippen MR) is 119 cm³/mol. The van der Waals surface area contributed by atoms with Gasteiger partial charge >= 0.3 is 0 Å². The first-order valence-corrected chi connectivity index (χ1v) is 11.5. The molecule has 5 heteroatoms. The fraction of sp³-hybridized carbons (Fsp3) is 0.560. The highest BCUT2D eigenvalue weighted by molar-refractivity contribution is 5.38. The SMILES string of the molecule is c1ccc(NCC2(c3ccc(OCC4CN(C5CCC5)C4)cc3)CCOCC2)nc1. The minimum absolute atomic E-state index is 0.0749. The summed E-state index contributed by atoms with van der Waals surface area (Å²) in [5, 5.41) is 3.54. The molecule has 30 heavy (non-hydrogen) atoms. The summed E-state index contributed by atoms with van der Waals surface area (Å²) >= 11 is 0. The maximum Gasteiger partial charge on any atom is 0.125 e. The lowest BCUT2D eigenvalue weighted by atomic mass is 9.74. The van der Waals surface area contributed by atoms with E-state index in [1.54, 1.807) is 0 Å². The van der Waals surface area contributed by atoms with Gasteiger partial charge in [-0.3, -0.25) is 4.90 Å². The number of ether oxygens (including phenoxy) is 2. The molecule has 0 atom stereocenters. The van der Waals surface area contributed by atoms with Crippen LogP contribution < -0.4 is 10.1 Å². The van der Waals surface area contributed by atoms with E-state index in [1.165, 1.54) is 37.9 Å². The van der Waals surface area contributed by atoms with E-state index < -0.39 is 0 Å². The van der Waals surface area contributed by atoms with Crippen LogP contribution in [-0.2, 0) is 10.2 Å². The number of aromatic nitrogens is 1. The Labute approximate surface area is 179 Å². The number of nitrogens with zero attached hydrogens (tertiary/aromatic N) is 2. The number of rotatable bonds is 8. The van der Waals surface area contributed by atoms with Gasteiger partial charge in [-0.2, -0.15) is 0 Å². The normalized spacial score (nSPS) is 22.1. The van der Waals surface area contributed by atoms with Crippen LogP contribution >= 0.6 is 0 Å². The topological polar surface area (TPSA) is 46.6 Å². The largest absolute Gasteiger partial charge is 0.493 e. The zero-order chi connectivity index (χ0) is 20.2. The minimum Gasteiger partial charge on any atom is -0.493 e. The van der Waals surface area contributed by atoms with Crippen LogP contribution in [0.3, 0.4) is 0 Å². The van der Waals surface area contributed by atoms with Crippen molar-refractivity contribution in [3.63, 3.8) is 0 Å². The third-order valence-electron chi connectivity index (χ3n) is 7.25. The van der Waals surface area contributed by atoms with Gasteiger partial charge < -0.3 is 14.8 Å². The molecule has 3 heterocycles. The Bertz CT molecular complexity index is 795. The van der Waals surface area contributed by atoms with Gasteiger partial charge in [0, 0.05) is 56.4 Å². The van der Waals surface area contributed by atoms with Crippen molar-refractivity contribution < 1.29 is 9.47 Å². The molecule has 1 aromatic carbocycles. The van der Waals surface area contributed by atoms with E-state index >= 15 is 0 Å². The monoisotopic (exact) mass is 407 g/mol. The molecule has 1 aromatic heterocycles. The Morgan fingerprint density at radius 2 is 1.87 bits per heavy atom. The molecule has 160 valence electrons. The van der Waals surface area contributed by atoms with E-state index in [4.69, 9.17) is 9.47 Å². The van der Waals surface area contributed by atoms with Crippen LogP contribution in [-0.4, -0.2) is 55.4 Å². The number of likely N-dealkylation sites (tertiary alicyclic amines) is 1. The highest BCUT2D eigenvalue weighted by Gasteiger charge is 2.36. The van der Waals surface area contributed by atoms with Crippen LogP contribution in [0.4, 0.5) is 5.82 Å². The van der Waals surface area contributed by atoms with Crippen molar-refractivity contribution in [2.24, 2.45) is 5.92 Å². The third-order valence-corrected chi connectivity index (χ3v) is 7.25. The average Bonchev–Trinajstić information content (AvgIpc) is 2.74. The van der Waals surface area contributed by atoms with Gasteiger partial charge in [0.25, 0.3) is 0 Å². The van der Waals surface area contributed by atoms with Crippen LogP contribution in [0.15, 0.2) is 48.7 Å². The summed E-state index contributed by atoms with van der Waals surface area (Å²) in [5.74, 6) is 2.61. The maximum absolute atomic E-state index is 6.12. The van der Waals surface area contributed by atoms with Gasteiger partial charge in [-0.1, -0.05) is 24.6 Å². The first kappa shape index (κ1) is 19.8. The molecule has 2 aromatic rings. The fourth-order valence-corrected chi connectivity index (χ4v) is 4.94. The van der Waals surface area contributed by atoms with Crippen LogP contribution in [0.1, 0.15) is 37.7 Å². The van der Waals surface area contributed by atoms with Crippen molar-refractivity contribution in [2.75, 3.05) is 44.8 Å². The minimum atomic E-state index is 0.0749. The molecule has 0 spiro atoms. The number of benzene rings is 1. The van der Waals surface area contributed by atoms with Crippen molar-refractivity contribution in [3.8, 4) is 5.75 Å². The molecule has 3 fully saturated rings. The molecule has 5 rings (SSSR count). The second-order valence-electron chi connectivity index (χ2n) is 9.20. The van der Waals surface area contributed by atoms with Gasteiger partial charge in [0.05, 0.1) is 6.61 Å². The van der Waals surface area contributed by atoms with Gasteiger partial charge in [-0.25, -0.2) is 4.98 Å². The highest BCUT2D eigenvalue weighted by atomic mass is 16.5. The van der Waals surface area contributed by atoms with Crippen LogP contribution in [0.2, 0.25) is 0 Å². The molecule has 1 saturated carbocycles. The summed E-state index contributed by atoms with van der Waals surface area (Å²) in [4.78, 5) is 7.04. The molecule has 0 bridgehead atoms. The number of anilines is 1.